The fraction of sp³-hybridized carbons (Fsp3) is 0.529. The number of rotatable bonds is 3. The number of fused-ring (bicyclic) bond motifs is 1. The van der Waals surface area contributed by atoms with E-state index in [0.29, 0.717) is 10.8 Å². The molecule has 3 N–H and O–H groups in total. The van der Waals surface area contributed by atoms with E-state index in [0.717, 1.165) is 47.1 Å². The summed E-state index contributed by atoms with van der Waals surface area (Å²) in [5.41, 5.74) is 2.03. The molecule has 0 aromatic carbocycles. The van der Waals surface area contributed by atoms with Gasteiger partial charge in [0.25, 0.3) is 0 Å². The van der Waals surface area contributed by atoms with E-state index in [1.54, 1.807) is 6.92 Å². The van der Waals surface area contributed by atoms with Crippen molar-refractivity contribution < 1.29 is 5.11 Å². The van der Waals surface area contributed by atoms with E-state index in [1.807, 2.05) is 20.8 Å². The quantitative estimate of drug-likeness (QED) is 0.732. The summed E-state index contributed by atoms with van der Waals surface area (Å²) in [4.78, 5) is 11.9. The Bertz CT molecular complexity index is 750. The van der Waals surface area contributed by atoms with Gasteiger partial charge in [-0.2, -0.15) is 0 Å². The van der Waals surface area contributed by atoms with Crippen molar-refractivity contribution in [3.8, 4) is 0 Å². The van der Waals surface area contributed by atoms with Crippen LogP contribution < -0.4 is 4.90 Å². The fourth-order valence-corrected chi connectivity index (χ4v) is 4.27. The van der Waals surface area contributed by atoms with E-state index in [9.17, 15) is 5.11 Å². The monoisotopic (exact) mass is 345 g/mol. The van der Waals surface area contributed by atoms with Crippen LogP contribution in [0.2, 0.25) is 0 Å². The van der Waals surface area contributed by atoms with Gasteiger partial charge in [-0.15, -0.1) is 0 Å². The van der Waals surface area contributed by atoms with E-state index < -0.39 is 5.60 Å². The third-order valence-electron chi connectivity index (χ3n) is 4.88. The van der Waals surface area contributed by atoms with E-state index in [-0.39, 0.29) is 5.92 Å². The summed E-state index contributed by atoms with van der Waals surface area (Å²) in [5.74, 6) is 1.04. The summed E-state index contributed by atoms with van der Waals surface area (Å²) in [5, 5.41) is 26.9. The second kappa shape index (κ2) is 5.97. The number of allylic oxidation sites excluding steroid dienone is 1. The molecule has 1 atom stereocenters. The molecule has 1 fully saturated rings. The number of nitrogens with one attached hydrogen (secondary N) is 2. The third-order valence-corrected chi connectivity index (χ3v) is 5.87. The van der Waals surface area contributed by atoms with Crippen LogP contribution in [0.4, 0.5) is 5.82 Å². The molecule has 0 radical (unpaired) electrons. The predicted octanol–water partition coefficient (Wildman–Crippen LogP) is 2.97. The van der Waals surface area contributed by atoms with Crippen molar-refractivity contribution in [3.63, 3.8) is 0 Å². The van der Waals surface area contributed by atoms with Crippen molar-refractivity contribution in [1.82, 2.24) is 9.97 Å². The SMILES string of the molecule is CC(=N)/C(C)=C1\C(=N)Sc2c1ncnc2N1CCC(C(C)(C)O)C1. The Balaban J connectivity index is 2.00. The number of anilines is 1. The molecule has 0 spiro atoms. The summed E-state index contributed by atoms with van der Waals surface area (Å²) >= 11 is 1.37. The Labute approximate surface area is 146 Å². The smallest absolute Gasteiger partial charge is 0.146 e. The molecule has 2 aliphatic rings. The largest absolute Gasteiger partial charge is 0.390 e. The van der Waals surface area contributed by atoms with Gasteiger partial charge in [0.05, 0.1) is 16.2 Å². The van der Waals surface area contributed by atoms with Crippen LogP contribution in [0.3, 0.4) is 0 Å². The molecule has 3 heterocycles. The summed E-state index contributed by atoms with van der Waals surface area (Å²) in [6, 6.07) is 0. The molecule has 6 nitrogen and oxygen atoms in total. The van der Waals surface area contributed by atoms with Crippen molar-refractivity contribution in [2.24, 2.45) is 5.92 Å². The maximum atomic E-state index is 10.3. The summed E-state index contributed by atoms with van der Waals surface area (Å²) < 4.78 is 0. The van der Waals surface area contributed by atoms with Gasteiger partial charge < -0.3 is 15.4 Å². The van der Waals surface area contributed by atoms with Crippen LogP contribution in [0, 0.1) is 16.7 Å². The zero-order valence-electron chi connectivity index (χ0n) is 14.5. The van der Waals surface area contributed by atoms with Gasteiger partial charge in [-0.1, -0.05) is 11.8 Å². The summed E-state index contributed by atoms with van der Waals surface area (Å²) in [6.45, 7) is 8.90. The molecule has 1 unspecified atom stereocenters. The van der Waals surface area contributed by atoms with Crippen molar-refractivity contribution in [2.45, 2.75) is 44.6 Å². The number of nitrogens with zero attached hydrogens (tertiary/aromatic N) is 3. The van der Waals surface area contributed by atoms with Gasteiger partial charge in [0.1, 0.15) is 17.2 Å². The number of aromatic nitrogens is 2. The minimum absolute atomic E-state index is 0.203. The Morgan fingerprint density at radius 2 is 2.08 bits per heavy atom. The maximum absolute atomic E-state index is 10.3. The Morgan fingerprint density at radius 3 is 2.67 bits per heavy atom. The van der Waals surface area contributed by atoms with Crippen LogP contribution in [0.15, 0.2) is 16.8 Å². The molecule has 1 saturated heterocycles. The van der Waals surface area contributed by atoms with E-state index >= 15 is 0 Å². The second-order valence-corrected chi connectivity index (χ2v) is 8.04. The third kappa shape index (κ3) is 2.86. The van der Waals surface area contributed by atoms with Gasteiger partial charge >= 0.3 is 0 Å². The highest BCUT2D eigenvalue weighted by Crippen LogP contribution is 2.46. The molecule has 0 amide bonds. The molecule has 0 saturated carbocycles. The molecule has 24 heavy (non-hydrogen) atoms. The number of thioether (sulfide) groups is 1. The van der Waals surface area contributed by atoms with Gasteiger partial charge in [0, 0.05) is 30.3 Å². The van der Waals surface area contributed by atoms with Crippen molar-refractivity contribution in [2.75, 3.05) is 18.0 Å². The molecule has 3 rings (SSSR count). The average Bonchev–Trinajstić information content (AvgIpc) is 3.09. The first-order valence-electron chi connectivity index (χ1n) is 8.06. The molecule has 2 aliphatic heterocycles. The van der Waals surface area contributed by atoms with Gasteiger partial charge in [-0.3, -0.25) is 5.41 Å². The molecule has 1 aromatic rings. The highest BCUT2D eigenvalue weighted by molar-refractivity contribution is 8.15. The average molecular weight is 345 g/mol. The Hall–Kier alpha value is -1.73. The van der Waals surface area contributed by atoms with E-state index in [4.69, 9.17) is 10.8 Å². The predicted molar refractivity (Wildman–Crippen MR) is 98.2 cm³/mol. The lowest BCUT2D eigenvalue weighted by Crippen LogP contribution is -2.33. The molecule has 0 aliphatic carbocycles. The Kier molecular flexibility index (Phi) is 4.25. The first-order chi connectivity index (χ1) is 11.2. The number of aliphatic hydroxyl groups is 1. The van der Waals surface area contributed by atoms with E-state index in [2.05, 4.69) is 14.9 Å². The lowest BCUT2D eigenvalue weighted by atomic mass is 9.90. The number of hydrogen-bond donors (Lipinski definition) is 3. The lowest BCUT2D eigenvalue weighted by molar-refractivity contribution is 0.0263. The second-order valence-electron chi connectivity index (χ2n) is 7.02. The standard InChI is InChI=1S/C17H23N5OS/c1-9(10(2)18)12-13-14(24-15(12)19)16(21-8-20-13)22-6-5-11(7-22)17(3,4)23/h8,11,18-19,23H,5-7H2,1-4H3/b12-9-,18-10?,19-15?. The molecule has 7 heteroatoms. The van der Waals surface area contributed by atoms with Crippen molar-refractivity contribution in [1.29, 1.82) is 10.8 Å². The van der Waals surface area contributed by atoms with Crippen LogP contribution in [0.25, 0.3) is 5.57 Å². The van der Waals surface area contributed by atoms with Gasteiger partial charge in [-0.05, 0) is 39.7 Å². The van der Waals surface area contributed by atoms with Crippen LogP contribution >= 0.6 is 11.8 Å². The van der Waals surface area contributed by atoms with Crippen LogP contribution in [0.1, 0.15) is 39.8 Å². The maximum Gasteiger partial charge on any atom is 0.146 e. The summed E-state index contributed by atoms with van der Waals surface area (Å²) in [6.07, 6.45) is 2.46. The van der Waals surface area contributed by atoms with Crippen LogP contribution in [-0.4, -0.2) is 44.5 Å². The lowest BCUT2D eigenvalue weighted by Gasteiger charge is -2.26. The van der Waals surface area contributed by atoms with Crippen LogP contribution in [0.5, 0.6) is 0 Å². The first-order valence-corrected chi connectivity index (χ1v) is 8.87. The first kappa shape index (κ1) is 17.1. The minimum atomic E-state index is -0.705. The highest BCUT2D eigenvalue weighted by Gasteiger charge is 2.37. The highest BCUT2D eigenvalue weighted by atomic mass is 32.2. The Morgan fingerprint density at radius 1 is 1.38 bits per heavy atom. The van der Waals surface area contributed by atoms with Crippen LogP contribution in [-0.2, 0) is 0 Å². The molecule has 0 bridgehead atoms. The molecular weight excluding hydrogens is 322 g/mol. The topological polar surface area (TPSA) is 97.0 Å². The van der Waals surface area contributed by atoms with Gasteiger partial charge in [-0.25, -0.2) is 9.97 Å². The molecule has 128 valence electrons. The zero-order chi connectivity index (χ0) is 17.6. The molecular formula is C17H23N5OS. The normalized spacial score (nSPS) is 22.8. The minimum Gasteiger partial charge on any atom is -0.390 e. The summed E-state index contributed by atoms with van der Waals surface area (Å²) in [7, 11) is 0. The fourth-order valence-electron chi connectivity index (χ4n) is 3.19. The van der Waals surface area contributed by atoms with E-state index in [1.165, 1.54) is 18.1 Å². The van der Waals surface area contributed by atoms with Crippen molar-refractivity contribution in [3.05, 3.63) is 17.6 Å². The van der Waals surface area contributed by atoms with Gasteiger partial charge in [0.15, 0.2) is 0 Å². The van der Waals surface area contributed by atoms with Gasteiger partial charge in [0.2, 0.25) is 0 Å². The zero-order valence-corrected chi connectivity index (χ0v) is 15.3. The molecule has 1 aromatic heterocycles. The number of hydrogen-bond acceptors (Lipinski definition) is 7. The van der Waals surface area contributed by atoms with Crippen molar-refractivity contribution >= 4 is 33.9 Å².